The van der Waals surface area contributed by atoms with Crippen molar-refractivity contribution in [3.63, 3.8) is 0 Å². The van der Waals surface area contributed by atoms with Crippen LogP contribution in [0.2, 0.25) is 0 Å². The number of hydrogen-bond donors (Lipinski definition) is 0. The van der Waals surface area contributed by atoms with E-state index in [2.05, 4.69) is 6.07 Å². The van der Waals surface area contributed by atoms with Gasteiger partial charge in [-0.2, -0.15) is 0 Å². The molecule has 0 spiro atoms. The number of rotatable bonds is 3. The van der Waals surface area contributed by atoms with Crippen molar-refractivity contribution in [2.45, 2.75) is 16.7 Å². The minimum Gasteiger partial charge on any atom is -0.294 e. The van der Waals surface area contributed by atoms with Gasteiger partial charge in [0.15, 0.2) is 5.78 Å². The molecule has 0 atom stereocenters. The maximum atomic E-state index is 11.2. The van der Waals surface area contributed by atoms with Crippen molar-refractivity contribution in [3.05, 3.63) is 23.8 Å². The molecule has 0 fully saturated rings. The highest BCUT2D eigenvalue weighted by Crippen LogP contribution is 2.26. The molecule has 0 heterocycles. The Hall–Kier alpha value is -0.410. The van der Waals surface area contributed by atoms with Gasteiger partial charge in [0.25, 0.3) is 0 Å². The van der Waals surface area contributed by atoms with E-state index in [1.807, 2.05) is 24.6 Å². The van der Waals surface area contributed by atoms with Crippen LogP contribution in [0.4, 0.5) is 0 Å². The zero-order valence-corrected chi connectivity index (χ0v) is 9.59. The molecule has 0 saturated carbocycles. The first-order valence-electron chi connectivity index (χ1n) is 3.92. The van der Waals surface area contributed by atoms with Gasteiger partial charge in [0.05, 0.1) is 0 Å². The van der Waals surface area contributed by atoms with Gasteiger partial charge in [-0.05, 0) is 37.6 Å². The van der Waals surface area contributed by atoms with E-state index in [9.17, 15) is 4.79 Å². The van der Waals surface area contributed by atoms with Crippen LogP contribution in [0.3, 0.4) is 0 Å². The van der Waals surface area contributed by atoms with Crippen LogP contribution in [0.25, 0.3) is 0 Å². The van der Waals surface area contributed by atoms with E-state index in [0.29, 0.717) is 0 Å². The summed E-state index contributed by atoms with van der Waals surface area (Å²) in [5.74, 6) is 0.136. The van der Waals surface area contributed by atoms with Gasteiger partial charge < -0.3 is 0 Å². The molecule has 13 heavy (non-hydrogen) atoms. The SMILES string of the molecule is CSc1ccc(C(C)=O)c(SC)c1. The lowest BCUT2D eigenvalue weighted by molar-refractivity contribution is 0.101. The third-order valence-electron chi connectivity index (χ3n) is 1.79. The fourth-order valence-corrected chi connectivity index (χ4v) is 2.28. The number of Topliss-reactive ketones (excluding diaryl/α,β-unsaturated/α-hetero) is 1. The van der Waals surface area contributed by atoms with Gasteiger partial charge in [0.1, 0.15) is 0 Å². The fraction of sp³-hybridized carbons (Fsp3) is 0.300. The molecule has 3 heteroatoms. The zero-order chi connectivity index (χ0) is 9.84. The summed E-state index contributed by atoms with van der Waals surface area (Å²) in [6.45, 7) is 1.60. The first-order valence-corrected chi connectivity index (χ1v) is 6.37. The number of carbonyl (C=O) groups is 1. The van der Waals surface area contributed by atoms with Crippen molar-refractivity contribution < 1.29 is 4.79 Å². The molecule has 1 nitrogen and oxygen atoms in total. The first-order chi connectivity index (χ1) is 6.19. The fourth-order valence-electron chi connectivity index (χ4n) is 1.09. The highest BCUT2D eigenvalue weighted by molar-refractivity contribution is 7.99. The summed E-state index contributed by atoms with van der Waals surface area (Å²) < 4.78 is 0. The molecule has 0 saturated heterocycles. The van der Waals surface area contributed by atoms with Gasteiger partial charge in [0, 0.05) is 15.4 Å². The van der Waals surface area contributed by atoms with E-state index in [1.165, 1.54) is 4.90 Å². The van der Waals surface area contributed by atoms with Crippen LogP contribution in [0, 0.1) is 0 Å². The zero-order valence-electron chi connectivity index (χ0n) is 7.96. The quantitative estimate of drug-likeness (QED) is 0.565. The molecule has 0 unspecified atom stereocenters. The summed E-state index contributed by atoms with van der Waals surface area (Å²) in [7, 11) is 0. The molecule has 0 radical (unpaired) electrons. The van der Waals surface area contributed by atoms with Crippen LogP contribution in [0.15, 0.2) is 28.0 Å². The van der Waals surface area contributed by atoms with Crippen LogP contribution in [0.1, 0.15) is 17.3 Å². The van der Waals surface area contributed by atoms with Gasteiger partial charge in [-0.15, -0.1) is 23.5 Å². The first kappa shape index (κ1) is 10.7. The molecule has 1 aromatic carbocycles. The predicted molar refractivity (Wildman–Crippen MR) is 60.0 cm³/mol. The third kappa shape index (κ3) is 2.51. The van der Waals surface area contributed by atoms with Crippen LogP contribution in [-0.4, -0.2) is 18.3 Å². The van der Waals surface area contributed by atoms with Crippen LogP contribution < -0.4 is 0 Å². The van der Waals surface area contributed by atoms with Crippen molar-refractivity contribution >= 4 is 29.3 Å². The van der Waals surface area contributed by atoms with E-state index < -0.39 is 0 Å². The molecule has 0 aliphatic rings. The maximum absolute atomic E-state index is 11.2. The Morgan fingerprint density at radius 1 is 1.23 bits per heavy atom. The van der Waals surface area contributed by atoms with Crippen molar-refractivity contribution in [3.8, 4) is 0 Å². The molecule has 0 N–H and O–H groups in total. The Labute approximate surface area is 87.3 Å². The monoisotopic (exact) mass is 212 g/mol. The molecule has 70 valence electrons. The summed E-state index contributed by atoms with van der Waals surface area (Å²) >= 11 is 3.31. The molecule has 0 aliphatic carbocycles. The molecular formula is C10H12OS2. The van der Waals surface area contributed by atoms with Gasteiger partial charge in [-0.3, -0.25) is 4.79 Å². The van der Waals surface area contributed by atoms with E-state index in [4.69, 9.17) is 0 Å². The predicted octanol–water partition coefficient (Wildman–Crippen LogP) is 3.33. The summed E-state index contributed by atoms with van der Waals surface area (Å²) in [6.07, 6.45) is 4.03. The van der Waals surface area contributed by atoms with Crippen molar-refractivity contribution in [1.29, 1.82) is 0 Å². The number of thioether (sulfide) groups is 2. The van der Waals surface area contributed by atoms with E-state index >= 15 is 0 Å². The topological polar surface area (TPSA) is 17.1 Å². The minimum absolute atomic E-state index is 0.136. The second-order valence-corrected chi connectivity index (χ2v) is 4.35. The summed E-state index contributed by atoms with van der Waals surface area (Å²) in [4.78, 5) is 13.5. The molecular weight excluding hydrogens is 200 g/mol. The molecule has 0 aromatic heterocycles. The molecule has 1 aromatic rings. The van der Waals surface area contributed by atoms with Crippen LogP contribution in [0.5, 0.6) is 0 Å². The van der Waals surface area contributed by atoms with E-state index in [1.54, 1.807) is 30.4 Å². The number of ketones is 1. The lowest BCUT2D eigenvalue weighted by Gasteiger charge is -2.05. The standard InChI is InChI=1S/C10H12OS2/c1-7(11)9-5-4-8(12-2)6-10(9)13-3/h4-6H,1-3H3. The summed E-state index contributed by atoms with van der Waals surface area (Å²) in [6, 6.07) is 5.95. The lowest BCUT2D eigenvalue weighted by Crippen LogP contribution is -1.94. The maximum Gasteiger partial charge on any atom is 0.160 e. The molecule has 0 bridgehead atoms. The third-order valence-corrected chi connectivity index (χ3v) is 3.29. The molecule has 0 aliphatic heterocycles. The van der Waals surface area contributed by atoms with Gasteiger partial charge >= 0.3 is 0 Å². The smallest absolute Gasteiger partial charge is 0.160 e. The van der Waals surface area contributed by atoms with Gasteiger partial charge in [0.2, 0.25) is 0 Å². The van der Waals surface area contributed by atoms with Crippen molar-refractivity contribution in [2.24, 2.45) is 0 Å². The summed E-state index contributed by atoms with van der Waals surface area (Å²) in [5, 5.41) is 0. The average Bonchev–Trinajstić information content (AvgIpc) is 2.16. The number of benzene rings is 1. The van der Waals surface area contributed by atoms with Crippen molar-refractivity contribution in [2.75, 3.05) is 12.5 Å². The van der Waals surface area contributed by atoms with E-state index in [-0.39, 0.29) is 5.78 Å². The number of carbonyl (C=O) groups excluding carboxylic acids is 1. The second-order valence-electron chi connectivity index (χ2n) is 2.62. The van der Waals surface area contributed by atoms with Crippen molar-refractivity contribution in [1.82, 2.24) is 0 Å². The Balaban J connectivity index is 3.15. The Bertz CT molecular complexity index is 321. The average molecular weight is 212 g/mol. The van der Waals surface area contributed by atoms with Crippen LogP contribution in [-0.2, 0) is 0 Å². The Morgan fingerprint density at radius 3 is 2.38 bits per heavy atom. The highest BCUT2D eigenvalue weighted by Gasteiger charge is 2.06. The van der Waals surface area contributed by atoms with Gasteiger partial charge in [-0.1, -0.05) is 0 Å². The van der Waals surface area contributed by atoms with Gasteiger partial charge in [-0.25, -0.2) is 0 Å². The Morgan fingerprint density at radius 2 is 1.92 bits per heavy atom. The largest absolute Gasteiger partial charge is 0.294 e. The summed E-state index contributed by atoms with van der Waals surface area (Å²) in [5.41, 5.74) is 0.824. The number of hydrogen-bond acceptors (Lipinski definition) is 3. The normalized spacial score (nSPS) is 10.1. The lowest BCUT2D eigenvalue weighted by atomic mass is 10.1. The van der Waals surface area contributed by atoms with Crippen LogP contribution >= 0.6 is 23.5 Å². The van der Waals surface area contributed by atoms with E-state index in [0.717, 1.165) is 10.5 Å². The molecule has 0 amide bonds. The molecule has 1 rings (SSSR count). The second kappa shape index (κ2) is 4.72. The minimum atomic E-state index is 0.136. The Kier molecular flexibility index (Phi) is 3.88. The highest BCUT2D eigenvalue weighted by atomic mass is 32.2.